The molecule has 0 radical (unpaired) electrons. The number of benzene rings is 6. The molecule has 262 valence electrons. The minimum absolute atomic E-state index is 1.12. The van der Waals surface area contributed by atoms with Crippen LogP contribution in [-0.4, -0.2) is 9.97 Å². The van der Waals surface area contributed by atoms with Crippen LogP contribution in [0.3, 0.4) is 0 Å². The highest BCUT2D eigenvalue weighted by molar-refractivity contribution is 6.11. The summed E-state index contributed by atoms with van der Waals surface area (Å²) in [7, 11) is 0. The van der Waals surface area contributed by atoms with Crippen LogP contribution in [0.2, 0.25) is 0 Å². The number of pyridine rings is 2. The van der Waals surface area contributed by atoms with Crippen molar-refractivity contribution in [1.82, 2.24) is 9.97 Å². The van der Waals surface area contributed by atoms with Crippen LogP contribution in [0.5, 0.6) is 0 Å². The predicted octanol–water partition coefficient (Wildman–Crippen LogP) is 14.6. The maximum absolute atomic E-state index is 5.12. The number of unbranched alkanes of at least 4 members (excludes halogenated alkanes) is 13. The molecular weight excluding hydrogens is 629 g/mol. The van der Waals surface area contributed by atoms with Crippen LogP contribution >= 0.6 is 0 Å². The summed E-state index contributed by atoms with van der Waals surface area (Å²) >= 11 is 0. The Bertz CT molecular complexity index is 2270. The Morgan fingerprint density at radius 2 is 0.596 bits per heavy atom. The van der Waals surface area contributed by atoms with Crippen molar-refractivity contribution in [2.75, 3.05) is 0 Å². The van der Waals surface area contributed by atoms with Crippen molar-refractivity contribution < 1.29 is 0 Å². The van der Waals surface area contributed by atoms with E-state index < -0.39 is 0 Å². The Labute approximate surface area is 309 Å². The molecular formula is C50H52N2. The lowest BCUT2D eigenvalue weighted by Gasteiger charge is -2.13. The highest BCUT2D eigenvalue weighted by Gasteiger charge is 2.13. The van der Waals surface area contributed by atoms with E-state index in [0.717, 1.165) is 34.9 Å². The molecule has 0 unspecified atom stereocenters. The number of para-hydroxylation sites is 2. The Kier molecular flexibility index (Phi) is 11.0. The maximum atomic E-state index is 5.12. The van der Waals surface area contributed by atoms with Crippen molar-refractivity contribution in [3.63, 3.8) is 0 Å². The molecule has 8 aromatic rings. The first kappa shape index (κ1) is 34.3. The van der Waals surface area contributed by atoms with E-state index in [1.54, 1.807) is 0 Å². The standard InChI is InChI=1S/C50H52N2/c1(3-5-7-9-11-13-27-41-43-29-19-21-31-47(43)51-49-39-25-17-15-23-37(39)33-35-45(41)49)2-4-6-8-10-12-14-28-42-44-30-20-22-32-48(44)52-50-40-26-18-16-24-38(40)34-36-46(42)50/h15-26,29-36H,1-14,27-28H2. The second-order valence-electron chi connectivity index (χ2n) is 15.0. The Morgan fingerprint density at radius 3 is 1.00 bits per heavy atom. The van der Waals surface area contributed by atoms with Crippen molar-refractivity contribution in [3.05, 3.63) is 132 Å². The SMILES string of the molecule is c1ccc2c(c1)ccc1c(CCCCCCCCCCCCCCCCc3c4ccccc4nc4c3ccc3ccccc34)c3ccccc3nc12. The van der Waals surface area contributed by atoms with Crippen molar-refractivity contribution in [2.24, 2.45) is 0 Å². The second kappa shape index (κ2) is 16.7. The van der Waals surface area contributed by atoms with Crippen LogP contribution < -0.4 is 0 Å². The van der Waals surface area contributed by atoms with E-state index in [1.165, 1.54) is 144 Å². The second-order valence-corrected chi connectivity index (χ2v) is 15.0. The molecule has 52 heavy (non-hydrogen) atoms. The number of fused-ring (bicyclic) bond motifs is 8. The Balaban J connectivity index is 0.716. The summed E-state index contributed by atoms with van der Waals surface area (Å²) in [6, 6.07) is 43.9. The molecule has 2 heterocycles. The lowest BCUT2D eigenvalue weighted by molar-refractivity contribution is 0.533. The fourth-order valence-corrected chi connectivity index (χ4v) is 8.69. The first-order valence-corrected chi connectivity index (χ1v) is 20.2. The van der Waals surface area contributed by atoms with E-state index >= 15 is 0 Å². The lowest BCUT2D eigenvalue weighted by atomic mass is 9.95. The summed E-state index contributed by atoms with van der Waals surface area (Å²) in [4.78, 5) is 10.2. The highest BCUT2D eigenvalue weighted by Crippen LogP contribution is 2.34. The van der Waals surface area contributed by atoms with Gasteiger partial charge in [0.25, 0.3) is 0 Å². The zero-order valence-electron chi connectivity index (χ0n) is 30.8. The summed E-state index contributed by atoms with van der Waals surface area (Å²) in [5.41, 5.74) is 7.53. The third kappa shape index (κ3) is 7.54. The average Bonchev–Trinajstić information content (AvgIpc) is 3.19. The van der Waals surface area contributed by atoms with Crippen LogP contribution in [-0.2, 0) is 12.8 Å². The van der Waals surface area contributed by atoms with Gasteiger partial charge in [-0.25, -0.2) is 9.97 Å². The molecule has 0 spiro atoms. The van der Waals surface area contributed by atoms with E-state index in [9.17, 15) is 0 Å². The molecule has 0 saturated carbocycles. The van der Waals surface area contributed by atoms with Crippen molar-refractivity contribution >= 4 is 65.2 Å². The van der Waals surface area contributed by atoms with Gasteiger partial charge >= 0.3 is 0 Å². The predicted molar refractivity (Wildman–Crippen MR) is 226 cm³/mol. The molecule has 0 bridgehead atoms. The number of aryl methyl sites for hydroxylation is 2. The van der Waals surface area contributed by atoms with Crippen molar-refractivity contribution in [2.45, 2.75) is 103 Å². The topological polar surface area (TPSA) is 25.8 Å². The fraction of sp³-hybridized carbons (Fsp3) is 0.320. The molecule has 6 aromatic carbocycles. The summed E-state index contributed by atoms with van der Waals surface area (Å²) in [6.45, 7) is 0. The zero-order valence-corrected chi connectivity index (χ0v) is 30.8. The third-order valence-corrected chi connectivity index (χ3v) is 11.5. The van der Waals surface area contributed by atoms with Gasteiger partial charge in [-0.1, -0.05) is 186 Å². The summed E-state index contributed by atoms with van der Waals surface area (Å²) in [6.07, 6.45) is 21.2. The van der Waals surface area contributed by atoms with Gasteiger partial charge in [0.2, 0.25) is 0 Å². The number of hydrogen-bond acceptors (Lipinski definition) is 2. The fourth-order valence-electron chi connectivity index (χ4n) is 8.69. The number of hydrogen-bond donors (Lipinski definition) is 0. The molecule has 0 fully saturated rings. The third-order valence-electron chi connectivity index (χ3n) is 11.5. The minimum atomic E-state index is 1.12. The molecule has 0 amide bonds. The van der Waals surface area contributed by atoms with Crippen LogP contribution in [0.4, 0.5) is 0 Å². The van der Waals surface area contributed by atoms with Gasteiger partial charge in [0.05, 0.1) is 22.1 Å². The summed E-state index contributed by atoms with van der Waals surface area (Å²) < 4.78 is 0. The van der Waals surface area contributed by atoms with Crippen LogP contribution in [0.25, 0.3) is 65.2 Å². The summed E-state index contributed by atoms with van der Waals surface area (Å²) in [5.74, 6) is 0. The summed E-state index contributed by atoms with van der Waals surface area (Å²) in [5, 5.41) is 10.4. The van der Waals surface area contributed by atoms with Crippen LogP contribution in [0.1, 0.15) is 101 Å². The first-order valence-electron chi connectivity index (χ1n) is 20.2. The molecule has 2 heteroatoms. The molecule has 0 aliphatic rings. The van der Waals surface area contributed by atoms with Gasteiger partial charge < -0.3 is 0 Å². The molecule has 0 saturated heterocycles. The van der Waals surface area contributed by atoms with E-state index in [-0.39, 0.29) is 0 Å². The monoisotopic (exact) mass is 680 g/mol. The highest BCUT2D eigenvalue weighted by atomic mass is 14.7. The van der Waals surface area contributed by atoms with E-state index in [1.807, 2.05) is 0 Å². The molecule has 2 nitrogen and oxygen atoms in total. The van der Waals surface area contributed by atoms with Gasteiger partial charge in [-0.2, -0.15) is 0 Å². The number of aromatic nitrogens is 2. The molecule has 0 atom stereocenters. The lowest BCUT2D eigenvalue weighted by Crippen LogP contribution is -1.94. The molecule has 0 N–H and O–H groups in total. The Hall–Kier alpha value is -4.82. The average molecular weight is 681 g/mol. The van der Waals surface area contributed by atoms with Gasteiger partial charge in [-0.3, -0.25) is 0 Å². The van der Waals surface area contributed by atoms with E-state index in [0.29, 0.717) is 0 Å². The minimum Gasteiger partial charge on any atom is -0.247 e. The van der Waals surface area contributed by atoms with Gasteiger partial charge in [-0.05, 0) is 59.7 Å². The maximum Gasteiger partial charge on any atom is 0.0790 e. The molecule has 0 aliphatic carbocycles. The molecule has 2 aromatic heterocycles. The number of nitrogens with zero attached hydrogens (tertiary/aromatic N) is 2. The Morgan fingerprint density at radius 1 is 0.269 bits per heavy atom. The van der Waals surface area contributed by atoms with E-state index in [4.69, 9.17) is 9.97 Å². The quantitative estimate of drug-likeness (QED) is 0.0543. The van der Waals surface area contributed by atoms with Gasteiger partial charge in [-0.15, -0.1) is 0 Å². The van der Waals surface area contributed by atoms with Gasteiger partial charge in [0, 0.05) is 32.3 Å². The first-order chi connectivity index (χ1) is 25.8. The van der Waals surface area contributed by atoms with Crippen molar-refractivity contribution in [3.8, 4) is 0 Å². The van der Waals surface area contributed by atoms with E-state index in [2.05, 4.69) is 121 Å². The van der Waals surface area contributed by atoms with Crippen molar-refractivity contribution in [1.29, 1.82) is 0 Å². The van der Waals surface area contributed by atoms with Gasteiger partial charge in [0.15, 0.2) is 0 Å². The van der Waals surface area contributed by atoms with Crippen LogP contribution in [0.15, 0.2) is 121 Å². The molecule has 0 aliphatic heterocycles. The normalized spacial score (nSPS) is 11.9. The molecule has 8 rings (SSSR count). The number of rotatable bonds is 17. The smallest absolute Gasteiger partial charge is 0.0790 e. The zero-order chi connectivity index (χ0) is 35.0. The largest absolute Gasteiger partial charge is 0.247 e. The van der Waals surface area contributed by atoms with Gasteiger partial charge in [0.1, 0.15) is 0 Å². The van der Waals surface area contributed by atoms with Crippen LogP contribution in [0, 0.1) is 0 Å².